The molecule has 0 aromatic carbocycles. The second-order valence-corrected chi connectivity index (χ2v) is 6.60. The molecule has 0 spiro atoms. The van der Waals surface area contributed by atoms with E-state index in [0.717, 1.165) is 0 Å². The molecule has 1 saturated heterocycles. The number of carboxylic acid groups (broad SMARTS) is 3. The Morgan fingerprint density at radius 3 is 1.11 bits per heavy atom. The van der Waals surface area contributed by atoms with E-state index >= 15 is 0 Å². The van der Waals surface area contributed by atoms with Crippen molar-refractivity contribution in [2.45, 2.75) is 0 Å². The van der Waals surface area contributed by atoms with Crippen LogP contribution in [0.5, 0.6) is 0 Å². The molecule has 1 aliphatic rings. The van der Waals surface area contributed by atoms with Crippen molar-refractivity contribution in [3.63, 3.8) is 0 Å². The number of aliphatic carboxylic acids is 3. The molecule has 0 saturated carbocycles. The normalized spacial score (nSPS) is 19.7. The SMILES string of the molecule is C=CCN1CCN(CC(=O)O)CCN(CC(=O)O)CCN(CC(=O)O)CC1. The summed E-state index contributed by atoms with van der Waals surface area (Å²) >= 11 is 0. The minimum Gasteiger partial charge on any atom is -0.480 e. The van der Waals surface area contributed by atoms with E-state index in [1.54, 1.807) is 20.8 Å². The first-order valence-electron chi connectivity index (χ1n) is 8.96. The summed E-state index contributed by atoms with van der Waals surface area (Å²) in [7, 11) is 0. The standard InChI is InChI=1S/C17H30N4O6/c1-2-3-18-4-6-19(12-15(22)23)8-10-21(14-17(26)27)11-9-20(7-5-18)13-16(24)25/h2H,1,3-14H2,(H,22,23)(H,24,25)(H,26,27). The van der Waals surface area contributed by atoms with Gasteiger partial charge in [0.2, 0.25) is 0 Å². The van der Waals surface area contributed by atoms with Crippen LogP contribution in [0.15, 0.2) is 12.7 Å². The zero-order valence-electron chi connectivity index (χ0n) is 15.6. The molecule has 3 N–H and O–H groups in total. The summed E-state index contributed by atoms with van der Waals surface area (Å²) in [6.45, 7) is 7.98. The van der Waals surface area contributed by atoms with Gasteiger partial charge in [-0.1, -0.05) is 6.08 Å². The molecule has 154 valence electrons. The lowest BCUT2D eigenvalue weighted by atomic mass is 10.3. The zero-order valence-corrected chi connectivity index (χ0v) is 15.6. The van der Waals surface area contributed by atoms with Crippen molar-refractivity contribution in [1.29, 1.82) is 0 Å². The van der Waals surface area contributed by atoms with Gasteiger partial charge in [0.1, 0.15) is 0 Å². The summed E-state index contributed by atoms with van der Waals surface area (Å²) in [5.41, 5.74) is 0. The summed E-state index contributed by atoms with van der Waals surface area (Å²) in [4.78, 5) is 40.7. The monoisotopic (exact) mass is 386 g/mol. The highest BCUT2D eigenvalue weighted by atomic mass is 16.4. The van der Waals surface area contributed by atoms with Crippen molar-refractivity contribution in [3.8, 4) is 0 Å². The van der Waals surface area contributed by atoms with E-state index in [1.807, 2.05) is 0 Å². The van der Waals surface area contributed by atoms with Crippen molar-refractivity contribution in [3.05, 3.63) is 12.7 Å². The average Bonchev–Trinajstić information content (AvgIpc) is 2.56. The third-order valence-electron chi connectivity index (χ3n) is 4.39. The molecule has 0 radical (unpaired) electrons. The lowest BCUT2D eigenvalue weighted by Crippen LogP contribution is -2.48. The summed E-state index contributed by atoms with van der Waals surface area (Å²) in [5.74, 6) is -2.81. The Labute approximate surface area is 159 Å². The van der Waals surface area contributed by atoms with Gasteiger partial charge in [0.05, 0.1) is 19.6 Å². The summed E-state index contributed by atoms with van der Waals surface area (Å²) in [5, 5.41) is 27.3. The van der Waals surface area contributed by atoms with Crippen LogP contribution < -0.4 is 0 Å². The lowest BCUT2D eigenvalue weighted by molar-refractivity contribution is -0.140. The van der Waals surface area contributed by atoms with Gasteiger partial charge in [0.15, 0.2) is 0 Å². The van der Waals surface area contributed by atoms with Crippen LogP contribution in [0.2, 0.25) is 0 Å². The number of carbonyl (C=O) groups is 3. The Hall–Kier alpha value is -2.01. The fraction of sp³-hybridized carbons (Fsp3) is 0.706. The van der Waals surface area contributed by atoms with Crippen molar-refractivity contribution in [1.82, 2.24) is 19.6 Å². The molecule has 1 fully saturated rings. The molecule has 10 nitrogen and oxygen atoms in total. The van der Waals surface area contributed by atoms with Gasteiger partial charge in [0.25, 0.3) is 0 Å². The molecule has 1 heterocycles. The van der Waals surface area contributed by atoms with Crippen LogP contribution in [0, 0.1) is 0 Å². The highest BCUT2D eigenvalue weighted by molar-refractivity contribution is 5.69. The van der Waals surface area contributed by atoms with Gasteiger partial charge in [-0.15, -0.1) is 6.58 Å². The van der Waals surface area contributed by atoms with Gasteiger partial charge < -0.3 is 15.3 Å². The van der Waals surface area contributed by atoms with Gasteiger partial charge in [0, 0.05) is 58.9 Å². The average molecular weight is 386 g/mol. The fourth-order valence-electron chi connectivity index (χ4n) is 2.99. The molecule has 0 amide bonds. The van der Waals surface area contributed by atoms with Crippen molar-refractivity contribution in [2.75, 3.05) is 78.5 Å². The van der Waals surface area contributed by atoms with E-state index in [0.29, 0.717) is 58.9 Å². The van der Waals surface area contributed by atoms with E-state index in [4.69, 9.17) is 15.3 Å². The molecule has 1 rings (SSSR count). The predicted molar refractivity (Wildman–Crippen MR) is 98.9 cm³/mol. The number of hydrogen-bond acceptors (Lipinski definition) is 7. The third kappa shape index (κ3) is 10.7. The Balaban J connectivity index is 2.86. The molecule has 0 atom stereocenters. The minimum atomic E-state index is -0.964. The number of nitrogens with zero attached hydrogens (tertiary/aromatic N) is 4. The predicted octanol–water partition coefficient (Wildman–Crippen LogP) is -1.35. The first-order valence-corrected chi connectivity index (χ1v) is 8.96. The quantitative estimate of drug-likeness (QED) is 0.431. The van der Waals surface area contributed by atoms with Gasteiger partial charge in [-0.3, -0.25) is 34.0 Å². The maximum absolute atomic E-state index is 11.1. The largest absolute Gasteiger partial charge is 0.480 e. The number of rotatable bonds is 8. The maximum Gasteiger partial charge on any atom is 0.317 e. The smallest absolute Gasteiger partial charge is 0.317 e. The summed E-state index contributed by atoms with van der Waals surface area (Å²) < 4.78 is 0. The molecular formula is C17H30N4O6. The summed E-state index contributed by atoms with van der Waals surface area (Å²) in [6, 6.07) is 0. The van der Waals surface area contributed by atoms with E-state index < -0.39 is 17.9 Å². The minimum absolute atomic E-state index is 0.103. The Kier molecular flexibility index (Phi) is 10.6. The first-order chi connectivity index (χ1) is 12.8. The van der Waals surface area contributed by atoms with E-state index in [2.05, 4.69) is 11.5 Å². The number of hydrogen-bond donors (Lipinski definition) is 3. The Morgan fingerprint density at radius 1 is 0.630 bits per heavy atom. The van der Waals surface area contributed by atoms with Crippen molar-refractivity contribution >= 4 is 17.9 Å². The molecule has 27 heavy (non-hydrogen) atoms. The van der Waals surface area contributed by atoms with Gasteiger partial charge in [-0.05, 0) is 0 Å². The lowest BCUT2D eigenvalue weighted by Gasteiger charge is -2.32. The third-order valence-corrected chi connectivity index (χ3v) is 4.39. The van der Waals surface area contributed by atoms with Gasteiger partial charge in [-0.25, -0.2) is 0 Å². The van der Waals surface area contributed by atoms with Crippen LogP contribution in [0.3, 0.4) is 0 Å². The van der Waals surface area contributed by atoms with Gasteiger partial charge in [-0.2, -0.15) is 0 Å². The van der Waals surface area contributed by atoms with Crippen LogP contribution >= 0.6 is 0 Å². The molecular weight excluding hydrogens is 356 g/mol. The zero-order chi connectivity index (χ0) is 20.2. The molecule has 0 aromatic rings. The van der Waals surface area contributed by atoms with Crippen molar-refractivity contribution in [2.24, 2.45) is 0 Å². The molecule has 0 bridgehead atoms. The van der Waals surface area contributed by atoms with Crippen LogP contribution in [-0.2, 0) is 14.4 Å². The van der Waals surface area contributed by atoms with Crippen LogP contribution in [0.1, 0.15) is 0 Å². The van der Waals surface area contributed by atoms with E-state index in [-0.39, 0.29) is 19.6 Å². The Morgan fingerprint density at radius 2 is 0.889 bits per heavy atom. The highest BCUT2D eigenvalue weighted by Crippen LogP contribution is 2.01. The fourth-order valence-corrected chi connectivity index (χ4v) is 2.99. The van der Waals surface area contributed by atoms with E-state index in [1.165, 1.54) is 0 Å². The molecule has 0 aliphatic carbocycles. The van der Waals surface area contributed by atoms with Gasteiger partial charge >= 0.3 is 17.9 Å². The molecule has 0 unspecified atom stereocenters. The Bertz CT molecular complexity index is 484. The molecule has 10 heteroatoms. The molecule has 1 aliphatic heterocycles. The van der Waals surface area contributed by atoms with Crippen LogP contribution in [0.25, 0.3) is 0 Å². The molecule has 0 aromatic heterocycles. The van der Waals surface area contributed by atoms with E-state index in [9.17, 15) is 14.4 Å². The number of carboxylic acids is 3. The van der Waals surface area contributed by atoms with Crippen molar-refractivity contribution < 1.29 is 29.7 Å². The second kappa shape index (κ2) is 12.4. The van der Waals surface area contributed by atoms with Crippen LogP contribution in [-0.4, -0.2) is 131 Å². The highest BCUT2D eigenvalue weighted by Gasteiger charge is 2.19. The first kappa shape index (κ1) is 23.0. The summed E-state index contributed by atoms with van der Waals surface area (Å²) in [6.07, 6.45) is 1.77. The van der Waals surface area contributed by atoms with Crippen LogP contribution in [0.4, 0.5) is 0 Å². The maximum atomic E-state index is 11.1. The topological polar surface area (TPSA) is 125 Å². The second-order valence-electron chi connectivity index (χ2n) is 6.60.